The maximum Gasteiger partial charge on any atom is 0.321 e. The van der Waals surface area contributed by atoms with Crippen LogP contribution in [0.15, 0.2) is 12.1 Å². The average Bonchev–Trinajstić information content (AvgIpc) is 2.46. The van der Waals surface area contributed by atoms with Gasteiger partial charge in [0.25, 0.3) is 5.91 Å². The molecule has 0 fully saturated rings. The lowest BCUT2D eigenvalue weighted by molar-refractivity contribution is -0.682. The van der Waals surface area contributed by atoms with E-state index in [9.17, 15) is 14.0 Å². The molecule has 0 bridgehead atoms. The summed E-state index contributed by atoms with van der Waals surface area (Å²) in [6.07, 6.45) is 0.783. The van der Waals surface area contributed by atoms with Crippen LogP contribution < -0.4 is 16.0 Å². The lowest BCUT2D eigenvalue weighted by atomic mass is 10.1. The molecule has 0 radical (unpaired) electrons. The summed E-state index contributed by atoms with van der Waals surface area (Å²) in [5.74, 6) is -1.00. The zero-order valence-corrected chi connectivity index (χ0v) is 13.9. The molecule has 1 aromatic carbocycles. The maximum atomic E-state index is 13.5. The van der Waals surface area contributed by atoms with E-state index in [0.29, 0.717) is 17.1 Å². The van der Waals surface area contributed by atoms with Crippen molar-refractivity contribution >= 4 is 35.1 Å². The van der Waals surface area contributed by atoms with Crippen molar-refractivity contribution in [2.75, 3.05) is 13.1 Å². The summed E-state index contributed by atoms with van der Waals surface area (Å²) < 4.78 is 13.5. The molecule has 0 heterocycles. The van der Waals surface area contributed by atoms with Gasteiger partial charge >= 0.3 is 6.03 Å². The van der Waals surface area contributed by atoms with Crippen molar-refractivity contribution in [3.05, 3.63) is 33.6 Å². The van der Waals surface area contributed by atoms with Crippen LogP contribution in [0.2, 0.25) is 10.0 Å². The molecule has 1 rings (SSSR count). The van der Waals surface area contributed by atoms with Gasteiger partial charge in [-0.1, -0.05) is 30.1 Å². The zero-order chi connectivity index (χ0) is 16.7. The standard InChI is InChI=1S/C14H18Cl2FN3O2/c1-3-4-18-14(22)20-13(21)7-19-8(2)9-5-12(17)11(16)6-10(9)15/h5-6,8,19H,3-4,7H2,1-2H3,(H2,18,20,21,22)/p+1/t8-/m1/s1. The molecule has 4 N–H and O–H groups in total. The number of hydrogen-bond donors (Lipinski definition) is 3. The number of carbonyl (C=O) groups is 2. The molecule has 0 aliphatic rings. The minimum atomic E-state index is -0.565. The first-order chi connectivity index (χ1) is 10.3. The smallest absolute Gasteiger partial charge is 0.321 e. The van der Waals surface area contributed by atoms with E-state index in [-0.39, 0.29) is 17.6 Å². The van der Waals surface area contributed by atoms with Crippen molar-refractivity contribution in [2.24, 2.45) is 0 Å². The van der Waals surface area contributed by atoms with Crippen molar-refractivity contribution in [3.63, 3.8) is 0 Å². The number of carbonyl (C=O) groups excluding carboxylic acids is 2. The van der Waals surface area contributed by atoms with Crippen LogP contribution in [0.3, 0.4) is 0 Å². The van der Waals surface area contributed by atoms with Gasteiger partial charge in [-0.2, -0.15) is 0 Å². The molecule has 1 atom stereocenters. The van der Waals surface area contributed by atoms with Gasteiger partial charge in [0.2, 0.25) is 0 Å². The lowest BCUT2D eigenvalue weighted by Gasteiger charge is -2.13. The number of rotatable bonds is 6. The maximum absolute atomic E-state index is 13.5. The Balaban J connectivity index is 2.52. The minimum absolute atomic E-state index is 0.0152. The number of urea groups is 1. The van der Waals surface area contributed by atoms with E-state index in [0.717, 1.165) is 6.42 Å². The normalized spacial score (nSPS) is 11.9. The van der Waals surface area contributed by atoms with Crippen LogP contribution in [-0.2, 0) is 4.79 Å². The lowest BCUT2D eigenvalue weighted by Crippen LogP contribution is -2.87. The highest BCUT2D eigenvalue weighted by molar-refractivity contribution is 6.35. The Hall–Kier alpha value is -1.37. The Morgan fingerprint density at radius 2 is 2.00 bits per heavy atom. The summed E-state index contributed by atoms with van der Waals surface area (Å²) in [6.45, 7) is 4.20. The highest BCUT2D eigenvalue weighted by Crippen LogP contribution is 2.27. The van der Waals surface area contributed by atoms with Gasteiger partial charge in [-0.25, -0.2) is 9.18 Å². The Labute approximate surface area is 138 Å². The summed E-state index contributed by atoms with van der Waals surface area (Å²) in [4.78, 5) is 22.9. The topological polar surface area (TPSA) is 74.8 Å². The third-order valence-electron chi connectivity index (χ3n) is 2.98. The van der Waals surface area contributed by atoms with Gasteiger partial charge in [0, 0.05) is 12.1 Å². The molecule has 8 heteroatoms. The van der Waals surface area contributed by atoms with Crippen molar-refractivity contribution in [3.8, 4) is 0 Å². The number of hydrogen-bond acceptors (Lipinski definition) is 2. The first kappa shape index (κ1) is 18.7. The number of quaternary nitrogens is 1. The molecule has 122 valence electrons. The monoisotopic (exact) mass is 350 g/mol. The minimum Gasteiger partial charge on any atom is -0.338 e. The van der Waals surface area contributed by atoms with Gasteiger partial charge in [-0.3, -0.25) is 10.1 Å². The summed E-state index contributed by atoms with van der Waals surface area (Å²) in [7, 11) is 0. The fourth-order valence-electron chi connectivity index (χ4n) is 1.76. The Bertz CT molecular complexity index is 555. The number of imide groups is 1. The highest BCUT2D eigenvalue weighted by Gasteiger charge is 2.18. The van der Waals surface area contributed by atoms with E-state index in [4.69, 9.17) is 23.2 Å². The van der Waals surface area contributed by atoms with Crippen LogP contribution in [0.25, 0.3) is 0 Å². The van der Waals surface area contributed by atoms with E-state index >= 15 is 0 Å². The van der Waals surface area contributed by atoms with Gasteiger partial charge in [0.1, 0.15) is 11.9 Å². The third-order valence-corrected chi connectivity index (χ3v) is 3.59. The Morgan fingerprint density at radius 1 is 1.32 bits per heavy atom. The number of nitrogens with two attached hydrogens (primary N) is 1. The average molecular weight is 351 g/mol. The molecular formula is C14H19Cl2FN3O2+. The summed E-state index contributed by atoms with van der Waals surface area (Å²) >= 11 is 11.7. The molecule has 1 aromatic rings. The second-order valence-electron chi connectivity index (χ2n) is 4.82. The number of amides is 3. The molecule has 0 saturated carbocycles. The van der Waals surface area contributed by atoms with Crippen LogP contribution in [0.5, 0.6) is 0 Å². The molecular weight excluding hydrogens is 332 g/mol. The van der Waals surface area contributed by atoms with E-state index < -0.39 is 17.8 Å². The van der Waals surface area contributed by atoms with Gasteiger partial charge in [-0.05, 0) is 25.5 Å². The predicted octanol–water partition coefficient (Wildman–Crippen LogP) is 1.99. The summed E-state index contributed by atoms with van der Waals surface area (Å²) in [5.41, 5.74) is 0.534. The molecule has 3 amide bonds. The number of benzene rings is 1. The third kappa shape index (κ3) is 5.79. The molecule has 0 aliphatic carbocycles. The molecule has 0 spiro atoms. The van der Waals surface area contributed by atoms with Crippen LogP contribution in [0.4, 0.5) is 9.18 Å². The first-order valence-electron chi connectivity index (χ1n) is 6.90. The molecule has 5 nitrogen and oxygen atoms in total. The predicted molar refractivity (Wildman–Crippen MR) is 83.5 cm³/mol. The Kier molecular flexibility index (Phi) is 7.58. The molecule has 0 aliphatic heterocycles. The molecule has 22 heavy (non-hydrogen) atoms. The second kappa shape index (κ2) is 8.92. The zero-order valence-electron chi connectivity index (χ0n) is 12.4. The Morgan fingerprint density at radius 3 is 2.64 bits per heavy atom. The number of nitrogens with one attached hydrogen (secondary N) is 2. The van der Waals surface area contributed by atoms with Crippen molar-refractivity contribution < 1.29 is 19.3 Å². The van der Waals surface area contributed by atoms with Crippen LogP contribution in [-0.4, -0.2) is 25.0 Å². The SMILES string of the molecule is CCCNC(=O)NC(=O)C[NH2+][C@H](C)c1cc(F)c(Cl)cc1Cl. The van der Waals surface area contributed by atoms with Crippen LogP contribution in [0, 0.1) is 5.82 Å². The van der Waals surface area contributed by atoms with Crippen molar-refractivity contribution in [2.45, 2.75) is 26.3 Å². The van der Waals surface area contributed by atoms with Gasteiger partial charge < -0.3 is 10.6 Å². The summed E-state index contributed by atoms with van der Waals surface area (Å²) in [6, 6.07) is 1.79. The van der Waals surface area contributed by atoms with Crippen LogP contribution in [0.1, 0.15) is 31.9 Å². The van der Waals surface area contributed by atoms with Gasteiger partial charge in [0.05, 0.1) is 10.0 Å². The fourth-order valence-corrected chi connectivity index (χ4v) is 2.31. The van der Waals surface area contributed by atoms with E-state index in [1.54, 1.807) is 12.2 Å². The molecule has 0 unspecified atom stereocenters. The highest BCUT2D eigenvalue weighted by atomic mass is 35.5. The quantitative estimate of drug-likeness (QED) is 0.686. The van der Waals surface area contributed by atoms with E-state index in [1.165, 1.54) is 12.1 Å². The molecule has 0 saturated heterocycles. The molecule has 0 aromatic heterocycles. The van der Waals surface area contributed by atoms with Crippen LogP contribution >= 0.6 is 23.2 Å². The number of halogens is 3. The van der Waals surface area contributed by atoms with Crippen molar-refractivity contribution in [1.82, 2.24) is 10.6 Å². The van der Waals surface area contributed by atoms with E-state index in [1.807, 2.05) is 6.92 Å². The van der Waals surface area contributed by atoms with E-state index in [2.05, 4.69) is 10.6 Å². The first-order valence-corrected chi connectivity index (χ1v) is 7.66. The second-order valence-corrected chi connectivity index (χ2v) is 5.63. The van der Waals surface area contributed by atoms with Gasteiger partial charge in [-0.15, -0.1) is 0 Å². The largest absolute Gasteiger partial charge is 0.338 e. The van der Waals surface area contributed by atoms with Gasteiger partial charge in [0.15, 0.2) is 6.54 Å². The summed E-state index contributed by atoms with van der Waals surface area (Å²) in [5, 5.41) is 6.67. The van der Waals surface area contributed by atoms with Crippen molar-refractivity contribution in [1.29, 1.82) is 0 Å². The fraction of sp³-hybridized carbons (Fsp3) is 0.429.